The average molecular weight is 405 g/mol. The molecule has 1 aromatic carbocycles. The van der Waals surface area contributed by atoms with E-state index in [0.717, 1.165) is 32.1 Å². The van der Waals surface area contributed by atoms with E-state index in [1.165, 1.54) is 16.5 Å². The molecule has 0 atom stereocenters. The molecule has 0 radical (unpaired) electrons. The molecule has 2 aliphatic carbocycles. The Labute approximate surface area is 170 Å². The van der Waals surface area contributed by atoms with Gasteiger partial charge in [-0.15, -0.1) is 0 Å². The summed E-state index contributed by atoms with van der Waals surface area (Å²) < 4.78 is 28.6. The van der Waals surface area contributed by atoms with Crippen LogP contribution in [0.5, 0.6) is 0 Å². The molecule has 5 nitrogen and oxygen atoms in total. The number of carbonyl (C=O) groups excluding carboxylic acids is 1. The highest BCUT2D eigenvalue weighted by molar-refractivity contribution is 5.79. The fourth-order valence-electron chi connectivity index (χ4n) is 4.68. The first kappa shape index (κ1) is 20.1. The Morgan fingerprint density at radius 1 is 1.10 bits per heavy atom. The normalized spacial score (nSPS) is 25.1. The van der Waals surface area contributed by atoms with Crippen molar-refractivity contribution in [3.05, 3.63) is 30.0 Å². The van der Waals surface area contributed by atoms with E-state index in [4.69, 9.17) is 0 Å². The second-order valence-electron chi connectivity index (χ2n) is 8.59. The highest BCUT2D eigenvalue weighted by Crippen LogP contribution is 2.33. The molecule has 2 fully saturated rings. The molecule has 0 saturated heterocycles. The van der Waals surface area contributed by atoms with Crippen molar-refractivity contribution in [2.45, 2.75) is 88.8 Å². The number of urea groups is 1. The van der Waals surface area contributed by atoms with Gasteiger partial charge in [0.25, 0.3) is 0 Å². The van der Waals surface area contributed by atoms with Crippen LogP contribution in [0.15, 0.2) is 24.4 Å². The Hall–Kier alpha value is -2.18. The monoisotopic (exact) mass is 404 g/mol. The average Bonchev–Trinajstić information content (AvgIpc) is 3.13. The molecule has 2 amide bonds. The zero-order chi connectivity index (χ0) is 20.4. The molecule has 0 unspecified atom stereocenters. The predicted molar refractivity (Wildman–Crippen MR) is 109 cm³/mol. The number of aryl methyl sites for hydroxylation is 1. The summed E-state index contributed by atoms with van der Waals surface area (Å²) in [5.41, 5.74) is 2.49. The molecule has 0 aliphatic heterocycles. The van der Waals surface area contributed by atoms with E-state index in [1.54, 1.807) is 0 Å². The third-order valence-electron chi connectivity index (χ3n) is 6.50. The largest absolute Gasteiger partial charge is 0.335 e. The van der Waals surface area contributed by atoms with Crippen molar-refractivity contribution >= 4 is 16.9 Å². The molecule has 158 valence electrons. The molecule has 0 bridgehead atoms. The molecule has 1 aromatic heterocycles. The predicted octanol–water partition coefficient (Wildman–Crippen LogP) is 4.96. The van der Waals surface area contributed by atoms with Crippen LogP contribution in [-0.2, 0) is 6.42 Å². The van der Waals surface area contributed by atoms with Crippen molar-refractivity contribution < 1.29 is 13.6 Å². The van der Waals surface area contributed by atoms with Gasteiger partial charge < -0.3 is 10.6 Å². The fraction of sp³-hybridized carbons (Fsp3) is 0.636. The Morgan fingerprint density at radius 2 is 1.76 bits per heavy atom. The number of nitrogens with one attached hydrogen (secondary N) is 2. The number of alkyl halides is 2. The molecule has 2 N–H and O–H groups in total. The molecule has 4 rings (SSSR count). The number of nitrogens with zero attached hydrogens (tertiary/aromatic N) is 2. The van der Waals surface area contributed by atoms with E-state index in [0.29, 0.717) is 18.9 Å². The number of halogens is 2. The number of carbonyl (C=O) groups is 1. The van der Waals surface area contributed by atoms with Gasteiger partial charge in [-0.3, -0.25) is 4.68 Å². The summed E-state index contributed by atoms with van der Waals surface area (Å²) in [5.74, 6) is -2.57. The summed E-state index contributed by atoms with van der Waals surface area (Å²) >= 11 is 0. The minimum atomic E-state index is -2.57. The van der Waals surface area contributed by atoms with Crippen LogP contribution in [0.1, 0.15) is 69.9 Å². The lowest BCUT2D eigenvalue weighted by molar-refractivity contribution is -0.0395. The van der Waals surface area contributed by atoms with Crippen LogP contribution in [0.3, 0.4) is 0 Å². The van der Waals surface area contributed by atoms with Gasteiger partial charge in [0, 0.05) is 30.3 Å². The molecule has 1 heterocycles. The molecule has 2 saturated carbocycles. The van der Waals surface area contributed by atoms with Crippen LogP contribution in [0.25, 0.3) is 10.9 Å². The summed E-state index contributed by atoms with van der Waals surface area (Å²) in [6, 6.07) is 6.64. The molecule has 29 heavy (non-hydrogen) atoms. The van der Waals surface area contributed by atoms with E-state index in [2.05, 4.69) is 45.5 Å². The zero-order valence-electron chi connectivity index (χ0n) is 17.0. The van der Waals surface area contributed by atoms with Crippen LogP contribution in [0.4, 0.5) is 13.6 Å². The molecule has 7 heteroatoms. The van der Waals surface area contributed by atoms with Gasteiger partial charge in [-0.05, 0) is 62.6 Å². The van der Waals surface area contributed by atoms with Crippen LogP contribution in [0, 0.1) is 0 Å². The summed E-state index contributed by atoms with van der Waals surface area (Å²) in [7, 11) is 0. The minimum absolute atomic E-state index is 0.129. The van der Waals surface area contributed by atoms with Gasteiger partial charge in [0.15, 0.2) is 0 Å². The van der Waals surface area contributed by atoms with Gasteiger partial charge in [-0.2, -0.15) is 5.10 Å². The topological polar surface area (TPSA) is 59.0 Å². The van der Waals surface area contributed by atoms with Crippen molar-refractivity contribution in [2.75, 3.05) is 0 Å². The lowest BCUT2D eigenvalue weighted by Crippen LogP contribution is -2.48. The molecule has 0 spiro atoms. The zero-order valence-corrected chi connectivity index (χ0v) is 17.0. The van der Waals surface area contributed by atoms with Crippen LogP contribution < -0.4 is 10.6 Å². The van der Waals surface area contributed by atoms with Gasteiger partial charge in [0.1, 0.15) is 0 Å². The summed E-state index contributed by atoms with van der Waals surface area (Å²) in [6.07, 6.45) is 7.10. The first-order chi connectivity index (χ1) is 13.9. The smallest absolute Gasteiger partial charge is 0.315 e. The summed E-state index contributed by atoms with van der Waals surface area (Å²) in [5, 5.41) is 11.7. The first-order valence-corrected chi connectivity index (χ1v) is 10.8. The molecule has 2 aromatic rings. The lowest BCUT2D eigenvalue weighted by atomic mass is 9.91. The third-order valence-corrected chi connectivity index (χ3v) is 6.50. The Kier molecular flexibility index (Phi) is 5.74. The van der Waals surface area contributed by atoms with E-state index in [9.17, 15) is 13.6 Å². The van der Waals surface area contributed by atoms with E-state index < -0.39 is 5.92 Å². The molecular weight excluding hydrogens is 374 g/mol. The van der Waals surface area contributed by atoms with Crippen molar-refractivity contribution in [1.29, 1.82) is 0 Å². The van der Waals surface area contributed by atoms with Crippen LogP contribution in [0.2, 0.25) is 0 Å². The minimum Gasteiger partial charge on any atom is -0.335 e. The van der Waals surface area contributed by atoms with E-state index in [1.807, 2.05) is 6.20 Å². The second-order valence-corrected chi connectivity index (χ2v) is 8.59. The SMILES string of the molecule is CCc1ccc2c(cnn2C2CCC(NC(=O)NC3CCC(F)(F)CC3)CC2)c1. The molecule has 2 aliphatic rings. The second kappa shape index (κ2) is 8.28. The number of rotatable bonds is 4. The maximum atomic E-state index is 13.2. The van der Waals surface area contributed by atoms with Gasteiger partial charge in [-0.1, -0.05) is 13.0 Å². The number of hydrogen-bond acceptors (Lipinski definition) is 2. The number of fused-ring (bicyclic) bond motifs is 1. The number of aromatic nitrogens is 2. The molecular formula is C22H30F2N4O. The van der Waals surface area contributed by atoms with Crippen LogP contribution in [-0.4, -0.2) is 33.8 Å². The standard InChI is InChI=1S/C22H30F2N4O/c1-2-15-3-8-20-16(13-15)14-25-28(20)19-6-4-17(5-7-19)26-21(29)27-18-9-11-22(23,24)12-10-18/h3,8,13-14,17-19H,2,4-7,9-12H2,1H3,(H2,26,27,29). The number of hydrogen-bond donors (Lipinski definition) is 2. The Morgan fingerprint density at radius 3 is 2.41 bits per heavy atom. The maximum Gasteiger partial charge on any atom is 0.315 e. The fourth-order valence-corrected chi connectivity index (χ4v) is 4.68. The summed E-state index contributed by atoms with van der Waals surface area (Å²) in [4.78, 5) is 12.3. The third kappa shape index (κ3) is 4.70. The van der Waals surface area contributed by atoms with Crippen molar-refractivity contribution in [2.24, 2.45) is 0 Å². The van der Waals surface area contributed by atoms with Gasteiger partial charge >= 0.3 is 6.03 Å². The maximum absolute atomic E-state index is 13.2. The highest BCUT2D eigenvalue weighted by Gasteiger charge is 2.35. The highest BCUT2D eigenvalue weighted by atomic mass is 19.3. The summed E-state index contributed by atoms with van der Waals surface area (Å²) in [6.45, 7) is 2.15. The Balaban J connectivity index is 1.27. The Bertz CT molecular complexity index is 848. The van der Waals surface area contributed by atoms with Crippen LogP contribution >= 0.6 is 0 Å². The van der Waals surface area contributed by atoms with Gasteiger partial charge in [-0.25, -0.2) is 13.6 Å². The lowest BCUT2D eigenvalue weighted by Gasteiger charge is -2.32. The van der Waals surface area contributed by atoms with Crippen molar-refractivity contribution in [3.63, 3.8) is 0 Å². The number of benzene rings is 1. The first-order valence-electron chi connectivity index (χ1n) is 10.8. The van der Waals surface area contributed by atoms with Gasteiger partial charge in [0.2, 0.25) is 5.92 Å². The van der Waals surface area contributed by atoms with Gasteiger partial charge in [0.05, 0.1) is 17.8 Å². The van der Waals surface area contributed by atoms with E-state index in [-0.39, 0.29) is 31.0 Å². The quantitative estimate of drug-likeness (QED) is 0.757. The van der Waals surface area contributed by atoms with Crippen molar-refractivity contribution in [3.8, 4) is 0 Å². The van der Waals surface area contributed by atoms with E-state index >= 15 is 0 Å². The number of amides is 2. The van der Waals surface area contributed by atoms with Crippen molar-refractivity contribution in [1.82, 2.24) is 20.4 Å².